The molecule has 3 nitrogen and oxygen atoms in total. The van der Waals surface area contributed by atoms with Gasteiger partial charge in [-0.25, -0.2) is 0 Å². The Bertz CT molecular complexity index is 124. The monoisotopic (exact) mass is 200 g/mol. The Balaban J connectivity index is 0. The summed E-state index contributed by atoms with van der Waals surface area (Å²) in [5, 5.41) is 0. The van der Waals surface area contributed by atoms with E-state index in [0.717, 1.165) is 17.4 Å². The van der Waals surface area contributed by atoms with Gasteiger partial charge >= 0.3 is 8.03 Å². The maximum Gasteiger partial charge on any atom is 0.505 e. The summed E-state index contributed by atoms with van der Waals surface area (Å²) in [5.74, 6) is 0. The van der Waals surface area contributed by atoms with Crippen molar-refractivity contribution < 1.29 is 26.3 Å². The highest BCUT2D eigenvalue weighted by molar-refractivity contribution is 7.37. The van der Waals surface area contributed by atoms with Gasteiger partial charge < -0.3 is 16.9 Å². The zero-order valence-corrected chi connectivity index (χ0v) is 8.90. The third-order valence-corrected chi connectivity index (χ3v) is 1.88. The fourth-order valence-corrected chi connectivity index (χ4v) is 1.09. The first-order valence-corrected chi connectivity index (χ1v) is 4.75. The summed E-state index contributed by atoms with van der Waals surface area (Å²) in [5.41, 5.74) is 0. The zero-order chi connectivity index (χ0) is 8.20. The van der Waals surface area contributed by atoms with Gasteiger partial charge in [0.2, 0.25) is 0 Å². The predicted molar refractivity (Wildman–Crippen MR) is 42.2 cm³/mol. The first kappa shape index (κ1) is 13.9. The first-order chi connectivity index (χ1) is 4.42. The average Bonchev–Trinajstić information content (AvgIpc) is 1.59. The van der Waals surface area contributed by atoms with Gasteiger partial charge in [0.15, 0.2) is 6.16 Å². The van der Waals surface area contributed by atoms with Crippen molar-refractivity contribution in [2.45, 2.75) is 6.42 Å². The Morgan fingerprint density at radius 1 is 1.36 bits per heavy atom. The van der Waals surface area contributed by atoms with E-state index in [0.29, 0.717) is 6.16 Å². The van der Waals surface area contributed by atoms with Gasteiger partial charge in [-0.15, -0.1) is 0 Å². The molecule has 0 aromatic carbocycles. The molecule has 1 atom stereocenters. The van der Waals surface area contributed by atoms with Gasteiger partial charge in [-0.1, -0.05) is 0 Å². The minimum Gasteiger partial charge on any atom is -1.00 e. The molecule has 11 heavy (non-hydrogen) atoms. The topological polar surface area (TPSA) is 37.3 Å². The summed E-state index contributed by atoms with van der Waals surface area (Å²) in [4.78, 5) is 8.45. The molecule has 1 N–H and O–H groups in total. The first-order valence-electron chi connectivity index (χ1n) is 3.36. The smallest absolute Gasteiger partial charge is 0.505 e. The summed E-state index contributed by atoms with van der Waals surface area (Å²) in [7, 11) is 4.31. The maximum atomic E-state index is 10.2. The number of quaternary nitrogens is 1. The van der Waals surface area contributed by atoms with Crippen LogP contribution in [0.2, 0.25) is 0 Å². The summed E-state index contributed by atoms with van der Waals surface area (Å²) in [6.07, 6.45) is 1.26. The van der Waals surface area contributed by atoms with Gasteiger partial charge in [0.25, 0.3) is 0 Å². The summed E-state index contributed by atoms with van der Waals surface area (Å²) in [6, 6.07) is 0. The molecule has 0 spiro atoms. The molecule has 0 rings (SSSR count). The van der Waals surface area contributed by atoms with Crippen molar-refractivity contribution in [1.29, 1.82) is 0 Å². The standard InChI is InChI=1S/C6H15NO2P.ClH/c1-7(2,3)5-4-6-10(8)9;/h4-6H2,1-3H3;1H/q+1;. The zero-order valence-electron chi connectivity index (χ0n) is 7.25. The van der Waals surface area contributed by atoms with Gasteiger partial charge in [-0.2, -0.15) is 4.89 Å². The molecule has 0 fully saturated rings. The van der Waals surface area contributed by atoms with E-state index in [1.807, 2.05) is 0 Å². The molecule has 0 amide bonds. The largest absolute Gasteiger partial charge is 1.00 e. The van der Waals surface area contributed by atoms with E-state index in [-0.39, 0.29) is 12.4 Å². The average molecular weight is 201 g/mol. The Kier molecular flexibility index (Phi) is 7.44. The van der Waals surface area contributed by atoms with Crippen LogP contribution in [0.5, 0.6) is 0 Å². The molecule has 0 bridgehead atoms. The molecule has 0 aliphatic heterocycles. The van der Waals surface area contributed by atoms with Crippen molar-refractivity contribution in [2.24, 2.45) is 0 Å². The van der Waals surface area contributed by atoms with Crippen molar-refractivity contribution in [3.05, 3.63) is 0 Å². The molecule has 1 unspecified atom stereocenters. The van der Waals surface area contributed by atoms with E-state index >= 15 is 0 Å². The SMILES string of the molecule is C[N+](C)(C)CCC[P+](=O)O.[Cl-]. The van der Waals surface area contributed by atoms with Crippen LogP contribution in [0.25, 0.3) is 0 Å². The molecule has 0 saturated carbocycles. The van der Waals surface area contributed by atoms with Crippen LogP contribution in [0, 0.1) is 0 Å². The van der Waals surface area contributed by atoms with Gasteiger partial charge in [-0.3, -0.25) is 0 Å². The van der Waals surface area contributed by atoms with Crippen molar-refractivity contribution in [3.63, 3.8) is 0 Å². The molecular formula is C6H16ClNO2P+. The van der Waals surface area contributed by atoms with E-state index < -0.39 is 8.03 Å². The van der Waals surface area contributed by atoms with Crippen molar-refractivity contribution in [1.82, 2.24) is 0 Å². The fraction of sp³-hybridized carbons (Fsp3) is 1.00. The second-order valence-electron chi connectivity index (χ2n) is 3.44. The van der Waals surface area contributed by atoms with Gasteiger partial charge in [0, 0.05) is 6.42 Å². The van der Waals surface area contributed by atoms with Crippen LogP contribution in [-0.2, 0) is 4.57 Å². The molecule has 0 aliphatic carbocycles. The molecule has 68 valence electrons. The highest BCUT2D eigenvalue weighted by atomic mass is 35.5. The number of hydrogen-bond acceptors (Lipinski definition) is 1. The van der Waals surface area contributed by atoms with E-state index in [1.54, 1.807) is 0 Å². The fourth-order valence-electron chi connectivity index (χ4n) is 0.680. The van der Waals surface area contributed by atoms with Crippen LogP contribution in [0.3, 0.4) is 0 Å². The maximum absolute atomic E-state index is 10.2. The molecule has 0 aromatic rings. The van der Waals surface area contributed by atoms with E-state index in [9.17, 15) is 4.57 Å². The normalized spacial score (nSPS) is 12.2. The van der Waals surface area contributed by atoms with Crippen molar-refractivity contribution in [2.75, 3.05) is 33.8 Å². The van der Waals surface area contributed by atoms with Crippen LogP contribution in [0.4, 0.5) is 0 Å². The number of halogens is 1. The third kappa shape index (κ3) is 13.3. The lowest BCUT2D eigenvalue weighted by Gasteiger charge is -2.22. The highest BCUT2D eigenvalue weighted by Crippen LogP contribution is 2.14. The molecule has 0 saturated heterocycles. The molecule has 5 heteroatoms. The molecule has 0 aromatic heterocycles. The highest BCUT2D eigenvalue weighted by Gasteiger charge is 2.13. The Labute approximate surface area is 75.3 Å². The lowest BCUT2D eigenvalue weighted by Crippen LogP contribution is -3.00. The number of hydrogen-bond donors (Lipinski definition) is 1. The third-order valence-electron chi connectivity index (χ3n) is 1.18. The second-order valence-corrected chi connectivity index (χ2v) is 4.59. The van der Waals surface area contributed by atoms with E-state index in [1.165, 1.54) is 0 Å². The van der Waals surface area contributed by atoms with Gasteiger partial charge in [0.05, 0.1) is 27.7 Å². The lowest BCUT2D eigenvalue weighted by molar-refractivity contribution is -0.870. The second kappa shape index (κ2) is 5.90. The van der Waals surface area contributed by atoms with Crippen molar-refractivity contribution in [3.8, 4) is 0 Å². The van der Waals surface area contributed by atoms with Crippen LogP contribution in [-0.4, -0.2) is 43.2 Å². The number of nitrogens with zero attached hydrogens (tertiary/aromatic N) is 1. The summed E-state index contributed by atoms with van der Waals surface area (Å²) < 4.78 is 11.1. The van der Waals surface area contributed by atoms with Crippen molar-refractivity contribution >= 4 is 8.03 Å². The minimum absolute atomic E-state index is 0. The van der Waals surface area contributed by atoms with Crippen LogP contribution < -0.4 is 12.4 Å². The molecule has 0 aliphatic rings. The Morgan fingerprint density at radius 3 is 2.09 bits per heavy atom. The van der Waals surface area contributed by atoms with E-state index in [4.69, 9.17) is 4.89 Å². The van der Waals surface area contributed by atoms with Gasteiger partial charge in [0.1, 0.15) is 0 Å². The quantitative estimate of drug-likeness (QED) is 0.414. The minimum atomic E-state index is -1.91. The van der Waals surface area contributed by atoms with Gasteiger partial charge in [-0.05, 0) is 4.57 Å². The van der Waals surface area contributed by atoms with E-state index in [2.05, 4.69) is 21.1 Å². The van der Waals surface area contributed by atoms with Crippen LogP contribution >= 0.6 is 8.03 Å². The Morgan fingerprint density at radius 2 is 1.82 bits per heavy atom. The molecule has 0 radical (unpaired) electrons. The van der Waals surface area contributed by atoms with Crippen LogP contribution in [0.1, 0.15) is 6.42 Å². The lowest BCUT2D eigenvalue weighted by atomic mass is 10.4. The molecule has 0 heterocycles. The Hall–Kier alpha value is 0.310. The summed E-state index contributed by atoms with van der Waals surface area (Å²) in [6.45, 7) is 0.960. The predicted octanol–water partition coefficient (Wildman–Crippen LogP) is -2.18. The molecular weight excluding hydrogens is 184 g/mol. The van der Waals surface area contributed by atoms with Crippen LogP contribution in [0.15, 0.2) is 0 Å². The number of rotatable bonds is 4. The summed E-state index contributed by atoms with van der Waals surface area (Å²) >= 11 is 0.